The maximum absolute atomic E-state index is 13.2. The Balaban J connectivity index is 1.62. The van der Waals surface area contributed by atoms with Gasteiger partial charge in [-0.25, -0.2) is 13.2 Å². The lowest BCUT2D eigenvalue weighted by atomic mass is 9.98. The number of carbonyl (C=O) groups excluding carboxylic acids is 2. The number of aromatic nitrogens is 1. The molecule has 32 heavy (non-hydrogen) atoms. The van der Waals surface area contributed by atoms with Crippen molar-refractivity contribution in [3.63, 3.8) is 0 Å². The Hall–Kier alpha value is -2.14. The lowest BCUT2D eigenvalue weighted by Crippen LogP contribution is -2.47. The van der Waals surface area contributed by atoms with Crippen LogP contribution in [0, 0.1) is 25.7 Å². The monoisotopic (exact) mass is 470 g/mol. The zero-order chi connectivity index (χ0) is 23.5. The van der Waals surface area contributed by atoms with Crippen molar-refractivity contribution in [2.24, 2.45) is 11.8 Å². The molecule has 2 amide bonds. The number of rotatable bonds is 5. The third-order valence-corrected chi connectivity index (χ3v) is 8.02. The average Bonchev–Trinajstić information content (AvgIpc) is 2.95. The fourth-order valence-electron chi connectivity index (χ4n) is 4.24. The third kappa shape index (κ3) is 5.43. The number of ether oxygens (including phenoxy) is 1. The van der Waals surface area contributed by atoms with E-state index in [4.69, 9.17) is 9.26 Å². The van der Waals surface area contributed by atoms with Gasteiger partial charge in [-0.1, -0.05) is 19.0 Å². The van der Waals surface area contributed by atoms with E-state index in [0.717, 1.165) is 0 Å². The van der Waals surface area contributed by atoms with Gasteiger partial charge in [-0.3, -0.25) is 4.79 Å². The zero-order valence-corrected chi connectivity index (χ0v) is 20.2. The topological polar surface area (TPSA) is 113 Å². The van der Waals surface area contributed by atoms with Gasteiger partial charge in [0, 0.05) is 39.3 Å². The van der Waals surface area contributed by atoms with Gasteiger partial charge in [-0.15, -0.1) is 0 Å². The summed E-state index contributed by atoms with van der Waals surface area (Å²) in [5.41, 5.74) is 0.327. The number of piperidine rings is 1. The van der Waals surface area contributed by atoms with E-state index >= 15 is 0 Å². The summed E-state index contributed by atoms with van der Waals surface area (Å²) in [7, 11) is -3.78. The second-order valence-electron chi connectivity index (χ2n) is 8.99. The molecular weight excluding hydrogens is 436 g/mol. The standard InChI is InChI=1S/C21H34N4O6S/c1-15(2)14-30-21(27)24-9-6-8-23(11-12-24)20(26)18-7-5-10-25(13-18)32(28,29)19-16(3)22-31-17(19)4/h15,18H,5-14H2,1-4H3. The van der Waals surface area contributed by atoms with Gasteiger partial charge in [0.05, 0.1) is 12.5 Å². The normalized spacial score (nSPS) is 21.0. The first-order valence-corrected chi connectivity index (χ1v) is 12.7. The molecule has 1 aromatic rings. The average molecular weight is 471 g/mol. The van der Waals surface area contributed by atoms with Gasteiger partial charge < -0.3 is 19.1 Å². The lowest BCUT2D eigenvalue weighted by Gasteiger charge is -2.34. The molecule has 2 saturated heterocycles. The molecule has 0 spiro atoms. The first-order chi connectivity index (χ1) is 15.1. The van der Waals surface area contributed by atoms with Gasteiger partial charge in [0.15, 0.2) is 5.76 Å². The van der Waals surface area contributed by atoms with Crippen molar-refractivity contribution in [2.75, 3.05) is 45.9 Å². The number of hydrogen-bond acceptors (Lipinski definition) is 7. The predicted octanol–water partition coefficient (Wildman–Crippen LogP) is 2.02. The second kappa shape index (κ2) is 10.2. The number of carbonyl (C=O) groups is 2. The van der Waals surface area contributed by atoms with Crippen LogP contribution in [0.25, 0.3) is 0 Å². The Labute approximate surface area is 189 Å². The van der Waals surface area contributed by atoms with Crippen LogP contribution in [0.4, 0.5) is 4.79 Å². The highest BCUT2D eigenvalue weighted by Crippen LogP contribution is 2.28. The van der Waals surface area contributed by atoms with Gasteiger partial charge in [0.25, 0.3) is 0 Å². The lowest BCUT2D eigenvalue weighted by molar-refractivity contribution is -0.136. The number of aryl methyl sites for hydroxylation is 2. The van der Waals surface area contributed by atoms with Gasteiger partial charge in [-0.05, 0) is 39.0 Å². The summed E-state index contributed by atoms with van der Waals surface area (Å²) >= 11 is 0. The van der Waals surface area contributed by atoms with Gasteiger partial charge in [-0.2, -0.15) is 4.31 Å². The molecule has 3 rings (SSSR count). The fraction of sp³-hybridized carbons (Fsp3) is 0.762. The van der Waals surface area contributed by atoms with Crippen molar-refractivity contribution in [1.29, 1.82) is 0 Å². The maximum atomic E-state index is 13.2. The minimum atomic E-state index is -3.78. The molecule has 180 valence electrons. The number of amides is 2. The Kier molecular flexibility index (Phi) is 7.81. The van der Waals surface area contributed by atoms with Gasteiger partial charge in [0.1, 0.15) is 10.6 Å². The van der Waals surface area contributed by atoms with Crippen LogP contribution in [0.3, 0.4) is 0 Å². The molecule has 2 aliphatic rings. The number of nitrogens with zero attached hydrogens (tertiary/aromatic N) is 4. The Morgan fingerprint density at radius 2 is 1.78 bits per heavy atom. The van der Waals surface area contributed by atoms with E-state index in [1.807, 2.05) is 13.8 Å². The largest absolute Gasteiger partial charge is 0.449 e. The molecule has 0 aromatic carbocycles. The first-order valence-electron chi connectivity index (χ1n) is 11.2. The van der Waals surface area contributed by atoms with Crippen LogP contribution in [0.5, 0.6) is 0 Å². The van der Waals surface area contributed by atoms with Crippen LogP contribution in [-0.2, 0) is 19.6 Å². The third-order valence-electron chi connectivity index (χ3n) is 5.91. The highest BCUT2D eigenvalue weighted by molar-refractivity contribution is 7.89. The molecule has 1 aromatic heterocycles. The summed E-state index contributed by atoms with van der Waals surface area (Å²) in [5, 5.41) is 3.76. The van der Waals surface area contributed by atoms with E-state index in [-0.39, 0.29) is 35.1 Å². The SMILES string of the molecule is Cc1noc(C)c1S(=O)(=O)N1CCCC(C(=O)N2CCCN(C(=O)OCC(C)C)CC2)C1. The van der Waals surface area contributed by atoms with E-state index in [2.05, 4.69) is 5.16 Å². The van der Waals surface area contributed by atoms with E-state index in [9.17, 15) is 18.0 Å². The van der Waals surface area contributed by atoms with E-state index in [0.29, 0.717) is 64.3 Å². The second-order valence-corrected chi connectivity index (χ2v) is 10.9. The molecule has 2 fully saturated rings. The van der Waals surface area contributed by atoms with Gasteiger partial charge in [0.2, 0.25) is 15.9 Å². The van der Waals surface area contributed by atoms with E-state index < -0.39 is 15.9 Å². The Morgan fingerprint density at radius 1 is 1.09 bits per heavy atom. The molecule has 0 aliphatic carbocycles. The van der Waals surface area contributed by atoms with Crippen LogP contribution >= 0.6 is 0 Å². The van der Waals surface area contributed by atoms with Crippen LogP contribution < -0.4 is 0 Å². The molecule has 0 radical (unpaired) electrons. The molecule has 11 heteroatoms. The zero-order valence-electron chi connectivity index (χ0n) is 19.4. The van der Waals surface area contributed by atoms with E-state index in [1.54, 1.807) is 23.6 Å². The molecule has 0 saturated carbocycles. The summed E-state index contributed by atoms with van der Waals surface area (Å²) in [5.74, 6) is 0.0624. The molecule has 1 atom stereocenters. The Bertz CT molecular complexity index is 909. The van der Waals surface area contributed by atoms with Crippen molar-refractivity contribution >= 4 is 22.0 Å². The quantitative estimate of drug-likeness (QED) is 0.647. The smallest absolute Gasteiger partial charge is 0.409 e. The predicted molar refractivity (Wildman–Crippen MR) is 116 cm³/mol. The molecule has 0 bridgehead atoms. The van der Waals surface area contributed by atoms with Crippen molar-refractivity contribution in [2.45, 2.75) is 51.9 Å². The van der Waals surface area contributed by atoms with Crippen molar-refractivity contribution in [3.8, 4) is 0 Å². The van der Waals surface area contributed by atoms with Crippen LogP contribution in [0.1, 0.15) is 44.6 Å². The number of hydrogen-bond donors (Lipinski definition) is 0. The highest BCUT2D eigenvalue weighted by atomic mass is 32.2. The summed E-state index contributed by atoms with van der Waals surface area (Å²) in [6.07, 6.45) is 1.57. The summed E-state index contributed by atoms with van der Waals surface area (Å²) in [6, 6.07) is 0. The first kappa shape index (κ1) is 24.5. The minimum Gasteiger partial charge on any atom is -0.449 e. The number of sulfonamides is 1. The van der Waals surface area contributed by atoms with Gasteiger partial charge >= 0.3 is 6.09 Å². The van der Waals surface area contributed by atoms with Crippen LogP contribution in [0.15, 0.2) is 9.42 Å². The highest BCUT2D eigenvalue weighted by Gasteiger charge is 2.38. The summed E-state index contributed by atoms with van der Waals surface area (Å²) in [4.78, 5) is 29.0. The van der Waals surface area contributed by atoms with Crippen molar-refractivity contribution < 1.29 is 27.3 Å². The maximum Gasteiger partial charge on any atom is 0.409 e. The van der Waals surface area contributed by atoms with Crippen LogP contribution in [-0.4, -0.2) is 85.6 Å². The minimum absolute atomic E-state index is 0.0546. The van der Waals surface area contributed by atoms with Crippen molar-refractivity contribution in [1.82, 2.24) is 19.3 Å². The molecule has 1 unspecified atom stereocenters. The van der Waals surface area contributed by atoms with Crippen LogP contribution in [0.2, 0.25) is 0 Å². The molecule has 3 heterocycles. The summed E-state index contributed by atoms with van der Waals surface area (Å²) in [6.45, 7) is 9.94. The molecule has 10 nitrogen and oxygen atoms in total. The molecule has 2 aliphatic heterocycles. The Morgan fingerprint density at radius 3 is 2.44 bits per heavy atom. The van der Waals surface area contributed by atoms with E-state index in [1.165, 1.54) is 4.31 Å². The van der Waals surface area contributed by atoms with Crippen molar-refractivity contribution in [3.05, 3.63) is 11.5 Å². The summed E-state index contributed by atoms with van der Waals surface area (Å²) < 4.78 is 38.0. The molecule has 0 N–H and O–H groups in total. The molecular formula is C21H34N4O6S. The fourth-order valence-corrected chi connectivity index (χ4v) is 6.06.